The molecule has 0 aromatic heterocycles. The van der Waals surface area contributed by atoms with Gasteiger partial charge in [0.15, 0.2) is 0 Å². The molecule has 0 bridgehead atoms. The summed E-state index contributed by atoms with van der Waals surface area (Å²) in [6.45, 7) is 3.76. The highest BCUT2D eigenvalue weighted by molar-refractivity contribution is 7.99. The van der Waals surface area contributed by atoms with Crippen LogP contribution in [0, 0.1) is 5.92 Å². The molecule has 1 aliphatic heterocycles. The van der Waals surface area contributed by atoms with Crippen LogP contribution in [0.15, 0.2) is 0 Å². The van der Waals surface area contributed by atoms with Crippen LogP contribution in [0.3, 0.4) is 0 Å². The third-order valence-electron chi connectivity index (χ3n) is 3.31. The van der Waals surface area contributed by atoms with Crippen molar-refractivity contribution in [2.75, 3.05) is 19.3 Å². The van der Waals surface area contributed by atoms with Gasteiger partial charge in [-0.15, -0.1) is 0 Å². The molecule has 0 aliphatic carbocycles. The lowest BCUT2D eigenvalue weighted by Gasteiger charge is -2.33. The summed E-state index contributed by atoms with van der Waals surface area (Å²) in [6, 6.07) is 0. The van der Waals surface area contributed by atoms with Crippen LogP contribution in [0.2, 0.25) is 0 Å². The Balaban J connectivity index is 2.54. The van der Waals surface area contributed by atoms with E-state index < -0.39 is 0 Å². The first-order chi connectivity index (χ1) is 8.10. The predicted octanol–water partition coefficient (Wildman–Crippen LogP) is 2.04. The van der Waals surface area contributed by atoms with Crippen molar-refractivity contribution >= 4 is 34.9 Å². The molecule has 1 fully saturated rings. The highest BCUT2D eigenvalue weighted by Gasteiger charge is 2.28. The smallest absolute Gasteiger partial charge is 0.232 e. The lowest BCUT2D eigenvalue weighted by atomic mass is 10.0. The zero-order chi connectivity index (χ0) is 12.8. The zero-order valence-electron chi connectivity index (χ0n) is 10.6. The predicted molar refractivity (Wildman–Crippen MR) is 78.3 cm³/mol. The minimum absolute atomic E-state index is 0.138. The van der Waals surface area contributed by atoms with Crippen LogP contribution in [-0.2, 0) is 4.79 Å². The molecule has 0 aromatic carbocycles. The van der Waals surface area contributed by atoms with Crippen molar-refractivity contribution in [3.05, 3.63) is 0 Å². The van der Waals surface area contributed by atoms with Crippen molar-refractivity contribution in [1.82, 2.24) is 4.90 Å². The summed E-state index contributed by atoms with van der Waals surface area (Å²) >= 11 is 6.90. The van der Waals surface area contributed by atoms with Crippen LogP contribution in [0.5, 0.6) is 0 Å². The average molecular weight is 274 g/mol. The van der Waals surface area contributed by atoms with E-state index in [0.717, 1.165) is 38.8 Å². The number of piperidine rings is 1. The molecule has 5 heteroatoms. The molecule has 17 heavy (non-hydrogen) atoms. The fourth-order valence-corrected chi connectivity index (χ4v) is 3.11. The molecule has 1 saturated heterocycles. The number of nitrogens with two attached hydrogens (primary N) is 1. The number of amides is 1. The Bertz CT molecular complexity index is 276. The maximum atomic E-state index is 12.3. The third kappa shape index (κ3) is 4.14. The van der Waals surface area contributed by atoms with E-state index >= 15 is 0 Å². The fourth-order valence-electron chi connectivity index (χ4n) is 2.21. The van der Waals surface area contributed by atoms with E-state index in [1.807, 2.05) is 16.7 Å². The lowest BCUT2D eigenvalue weighted by Crippen LogP contribution is -2.45. The standard InChI is InChI=1S/C12H22N2OS2/c1-3-4-10(11(13)16)12(15)14-7-5-9(17-2)6-8-14/h9-10H,3-8H2,1-2H3,(H2,13,16). The van der Waals surface area contributed by atoms with E-state index in [2.05, 4.69) is 13.2 Å². The zero-order valence-corrected chi connectivity index (χ0v) is 12.3. The van der Waals surface area contributed by atoms with E-state index in [9.17, 15) is 4.79 Å². The van der Waals surface area contributed by atoms with Crippen LogP contribution < -0.4 is 5.73 Å². The molecular formula is C12H22N2OS2. The maximum Gasteiger partial charge on any atom is 0.232 e. The lowest BCUT2D eigenvalue weighted by molar-refractivity contribution is -0.134. The van der Waals surface area contributed by atoms with E-state index in [-0.39, 0.29) is 11.8 Å². The second-order valence-electron chi connectivity index (χ2n) is 4.50. The summed E-state index contributed by atoms with van der Waals surface area (Å²) in [6.07, 6.45) is 6.02. The van der Waals surface area contributed by atoms with Crippen molar-refractivity contribution in [1.29, 1.82) is 0 Å². The fraction of sp³-hybridized carbons (Fsp3) is 0.833. The Labute approximate surface area is 113 Å². The first-order valence-corrected chi connectivity index (χ1v) is 7.90. The normalized spacial score (nSPS) is 19.1. The van der Waals surface area contributed by atoms with Gasteiger partial charge in [0.1, 0.15) is 0 Å². The summed E-state index contributed by atoms with van der Waals surface area (Å²) in [7, 11) is 0. The van der Waals surface area contributed by atoms with Crippen LogP contribution >= 0.6 is 24.0 Å². The van der Waals surface area contributed by atoms with Gasteiger partial charge in [0.05, 0.1) is 10.9 Å². The van der Waals surface area contributed by atoms with Gasteiger partial charge in [0.25, 0.3) is 0 Å². The number of carbonyl (C=O) groups is 1. The van der Waals surface area contributed by atoms with Gasteiger partial charge in [-0.25, -0.2) is 0 Å². The van der Waals surface area contributed by atoms with Crippen molar-refractivity contribution in [2.24, 2.45) is 11.7 Å². The first-order valence-electron chi connectivity index (χ1n) is 6.21. The molecule has 0 spiro atoms. The number of hydrogen-bond acceptors (Lipinski definition) is 3. The molecule has 0 saturated carbocycles. The van der Waals surface area contributed by atoms with Gasteiger partial charge in [0, 0.05) is 18.3 Å². The van der Waals surface area contributed by atoms with Crippen LogP contribution in [0.4, 0.5) is 0 Å². The average Bonchev–Trinajstić information content (AvgIpc) is 2.35. The number of nitrogens with zero attached hydrogens (tertiary/aromatic N) is 1. The number of thiocarbonyl (C=S) groups is 1. The summed E-state index contributed by atoms with van der Waals surface area (Å²) in [4.78, 5) is 14.6. The highest BCUT2D eigenvalue weighted by Crippen LogP contribution is 2.23. The number of hydrogen-bond donors (Lipinski definition) is 1. The van der Waals surface area contributed by atoms with E-state index in [0.29, 0.717) is 10.2 Å². The number of rotatable bonds is 5. The molecule has 2 N–H and O–H groups in total. The summed E-state index contributed by atoms with van der Waals surface area (Å²) in [5, 5.41) is 0.702. The van der Waals surface area contributed by atoms with Gasteiger partial charge in [-0.2, -0.15) is 11.8 Å². The van der Waals surface area contributed by atoms with Crippen molar-refractivity contribution in [2.45, 2.75) is 37.9 Å². The first kappa shape index (κ1) is 14.8. The molecule has 0 radical (unpaired) electrons. The summed E-state index contributed by atoms with van der Waals surface area (Å²) in [5.41, 5.74) is 5.66. The summed E-state index contributed by atoms with van der Waals surface area (Å²) < 4.78 is 0. The molecule has 98 valence electrons. The number of likely N-dealkylation sites (tertiary alicyclic amines) is 1. The Kier molecular flexibility index (Phi) is 6.27. The van der Waals surface area contributed by atoms with Gasteiger partial charge in [-0.3, -0.25) is 4.79 Å². The second kappa shape index (κ2) is 7.21. The minimum Gasteiger partial charge on any atom is -0.393 e. The van der Waals surface area contributed by atoms with E-state index in [1.165, 1.54) is 0 Å². The Morgan fingerprint density at radius 1 is 1.53 bits per heavy atom. The SMILES string of the molecule is CCCC(C(=O)N1CCC(SC)CC1)C(N)=S. The van der Waals surface area contributed by atoms with Crippen molar-refractivity contribution < 1.29 is 4.79 Å². The molecule has 0 aromatic rings. The van der Waals surface area contributed by atoms with Crippen LogP contribution in [0.1, 0.15) is 32.6 Å². The van der Waals surface area contributed by atoms with Crippen LogP contribution in [-0.4, -0.2) is 40.4 Å². The Morgan fingerprint density at radius 2 is 2.12 bits per heavy atom. The monoisotopic (exact) mass is 274 g/mol. The molecule has 1 rings (SSSR count). The van der Waals surface area contributed by atoms with Gasteiger partial charge in [0.2, 0.25) is 5.91 Å². The summed E-state index contributed by atoms with van der Waals surface area (Å²) in [5.74, 6) is -0.111. The van der Waals surface area contributed by atoms with Gasteiger partial charge in [-0.1, -0.05) is 25.6 Å². The van der Waals surface area contributed by atoms with Crippen molar-refractivity contribution in [3.8, 4) is 0 Å². The largest absolute Gasteiger partial charge is 0.393 e. The molecule has 1 atom stereocenters. The highest BCUT2D eigenvalue weighted by atomic mass is 32.2. The molecule has 1 heterocycles. The van der Waals surface area contributed by atoms with Crippen molar-refractivity contribution in [3.63, 3.8) is 0 Å². The molecule has 3 nitrogen and oxygen atoms in total. The van der Waals surface area contributed by atoms with E-state index in [4.69, 9.17) is 18.0 Å². The number of thioether (sulfide) groups is 1. The minimum atomic E-state index is -0.249. The molecule has 1 aliphatic rings. The topological polar surface area (TPSA) is 46.3 Å². The maximum absolute atomic E-state index is 12.3. The molecule has 1 amide bonds. The second-order valence-corrected chi connectivity index (χ2v) is 6.11. The van der Waals surface area contributed by atoms with Gasteiger partial charge in [-0.05, 0) is 25.5 Å². The number of carbonyl (C=O) groups excluding carboxylic acids is 1. The quantitative estimate of drug-likeness (QED) is 0.779. The van der Waals surface area contributed by atoms with Gasteiger partial charge >= 0.3 is 0 Å². The molecule has 1 unspecified atom stereocenters. The Hall–Kier alpha value is -0.290. The Morgan fingerprint density at radius 3 is 2.53 bits per heavy atom. The third-order valence-corrected chi connectivity index (χ3v) is 4.73. The van der Waals surface area contributed by atoms with E-state index in [1.54, 1.807) is 0 Å². The molecular weight excluding hydrogens is 252 g/mol. The van der Waals surface area contributed by atoms with Crippen LogP contribution in [0.25, 0.3) is 0 Å². The van der Waals surface area contributed by atoms with Gasteiger partial charge < -0.3 is 10.6 Å².